The molecule has 142 valence electrons. The zero-order chi connectivity index (χ0) is 19.3. The van der Waals surface area contributed by atoms with Gasteiger partial charge in [-0.15, -0.1) is 11.3 Å². The van der Waals surface area contributed by atoms with E-state index in [0.717, 1.165) is 29.1 Å². The van der Waals surface area contributed by atoms with E-state index >= 15 is 0 Å². The van der Waals surface area contributed by atoms with E-state index in [9.17, 15) is 4.79 Å². The standard InChI is InChI=1S/C21H20N4O2S/c1-27-17-14-25(15-8-3-2-4-9-15)24-20(17)21(26)22-13-7-12-19-23-16-10-5-6-11-18(16)28-19/h2-6,8-11,14H,7,12-13H2,1H3,(H,22,26). The van der Waals surface area contributed by atoms with Crippen molar-refractivity contribution in [3.63, 3.8) is 0 Å². The number of para-hydroxylation sites is 2. The summed E-state index contributed by atoms with van der Waals surface area (Å²) in [5.74, 6) is 0.211. The Labute approximate surface area is 166 Å². The zero-order valence-electron chi connectivity index (χ0n) is 15.5. The number of thiazole rings is 1. The van der Waals surface area contributed by atoms with Crippen LogP contribution < -0.4 is 10.1 Å². The lowest BCUT2D eigenvalue weighted by Crippen LogP contribution is -2.25. The number of nitrogens with zero attached hydrogens (tertiary/aromatic N) is 3. The quantitative estimate of drug-likeness (QED) is 0.485. The number of benzene rings is 2. The van der Waals surface area contributed by atoms with Crippen LogP contribution in [0.5, 0.6) is 5.75 Å². The molecule has 1 N–H and O–H groups in total. The molecular formula is C21H20N4O2S. The molecule has 7 heteroatoms. The van der Waals surface area contributed by atoms with Gasteiger partial charge >= 0.3 is 0 Å². The maximum absolute atomic E-state index is 12.5. The smallest absolute Gasteiger partial charge is 0.275 e. The van der Waals surface area contributed by atoms with Crippen molar-refractivity contribution in [2.24, 2.45) is 0 Å². The van der Waals surface area contributed by atoms with Crippen LogP contribution in [0.2, 0.25) is 0 Å². The molecule has 28 heavy (non-hydrogen) atoms. The van der Waals surface area contributed by atoms with Gasteiger partial charge in [0.2, 0.25) is 0 Å². The predicted octanol–water partition coefficient (Wildman–Crippen LogP) is 3.85. The second-order valence-electron chi connectivity index (χ2n) is 6.26. The topological polar surface area (TPSA) is 69.0 Å². The van der Waals surface area contributed by atoms with Crippen LogP contribution in [0, 0.1) is 0 Å². The van der Waals surface area contributed by atoms with Crippen molar-refractivity contribution >= 4 is 27.5 Å². The Morgan fingerprint density at radius 3 is 2.71 bits per heavy atom. The van der Waals surface area contributed by atoms with Crippen LogP contribution in [-0.2, 0) is 6.42 Å². The van der Waals surface area contributed by atoms with Crippen molar-refractivity contribution in [2.75, 3.05) is 13.7 Å². The van der Waals surface area contributed by atoms with E-state index in [-0.39, 0.29) is 11.6 Å². The molecule has 0 bridgehead atoms. The molecule has 4 rings (SSSR count). The van der Waals surface area contributed by atoms with Gasteiger partial charge in [-0.05, 0) is 30.7 Å². The number of fused-ring (bicyclic) bond motifs is 1. The van der Waals surface area contributed by atoms with Gasteiger partial charge in [0, 0.05) is 13.0 Å². The lowest BCUT2D eigenvalue weighted by Gasteiger charge is -2.03. The van der Waals surface area contributed by atoms with Gasteiger partial charge in [0.25, 0.3) is 5.91 Å². The molecule has 1 amide bonds. The molecule has 0 aliphatic heterocycles. The molecule has 0 atom stereocenters. The molecule has 0 aliphatic rings. The average Bonchev–Trinajstić information content (AvgIpc) is 3.35. The summed E-state index contributed by atoms with van der Waals surface area (Å²) in [6, 6.07) is 17.7. The highest BCUT2D eigenvalue weighted by molar-refractivity contribution is 7.18. The van der Waals surface area contributed by atoms with E-state index < -0.39 is 0 Å². The van der Waals surface area contributed by atoms with Gasteiger partial charge in [0.1, 0.15) is 0 Å². The number of aromatic nitrogens is 3. The maximum atomic E-state index is 12.5. The first-order valence-electron chi connectivity index (χ1n) is 9.06. The molecular weight excluding hydrogens is 372 g/mol. The van der Waals surface area contributed by atoms with Gasteiger partial charge < -0.3 is 10.1 Å². The number of hydrogen-bond acceptors (Lipinski definition) is 5. The van der Waals surface area contributed by atoms with E-state index in [2.05, 4.69) is 21.5 Å². The Kier molecular flexibility index (Phi) is 5.34. The fourth-order valence-corrected chi connectivity index (χ4v) is 3.94. The van der Waals surface area contributed by atoms with E-state index in [0.29, 0.717) is 12.3 Å². The Morgan fingerprint density at radius 2 is 1.93 bits per heavy atom. The first-order chi connectivity index (χ1) is 13.7. The maximum Gasteiger partial charge on any atom is 0.275 e. The van der Waals surface area contributed by atoms with Crippen LogP contribution in [0.1, 0.15) is 21.9 Å². The minimum absolute atomic E-state index is 0.240. The van der Waals surface area contributed by atoms with E-state index in [1.165, 1.54) is 11.8 Å². The summed E-state index contributed by atoms with van der Waals surface area (Å²) in [5, 5.41) is 8.40. The highest BCUT2D eigenvalue weighted by Crippen LogP contribution is 2.22. The predicted molar refractivity (Wildman–Crippen MR) is 110 cm³/mol. The third-order valence-electron chi connectivity index (χ3n) is 4.33. The number of hydrogen-bond donors (Lipinski definition) is 1. The van der Waals surface area contributed by atoms with Gasteiger partial charge in [0.05, 0.1) is 34.2 Å². The van der Waals surface area contributed by atoms with Gasteiger partial charge in [0.15, 0.2) is 11.4 Å². The number of rotatable bonds is 7. The molecule has 0 saturated heterocycles. The van der Waals surface area contributed by atoms with Crippen LogP contribution >= 0.6 is 11.3 Å². The van der Waals surface area contributed by atoms with E-state index in [1.54, 1.807) is 22.2 Å². The van der Waals surface area contributed by atoms with Crippen molar-refractivity contribution in [1.29, 1.82) is 0 Å². The van der Waals surface area contributed by atoms with Crippen molar-refractivity contribution < 1.29 is 9.53 Å². The minimum Gasteiger partial charge on any atom is -0.493 e. The monoisotopic (exact) mass is 392 g/mol. The second kappa shape index (κ2) is 8.22. The SMILES string of the molecule is COc1cn(-c2ccccc2)nc1C(=O)NCCCc1nc2ccccc2s1. The molecule has 0 spiro atoms. The number of amides is 1. The van der Waals surface area contributed by atoms with Crippen LogP contribution in [0.3, 0.4) is 0 Å². The Morgan fingerprint density at radius 1 is 1.14 bits per heavy atom. The summed E-state index contributed by atoms with van der Waals surface area (Å²) in [6.07, 6.45) is 3.36. The molecule has 4 aromatic rings. The lowest BCUT2D eigenvalue weighted by atomic mass is 10.3. The van der Waals surface area contributed by atoms with Crippen molar-refractivity contribution in [3.05, 3.63) is 71.5 Å². The molecule has 2 aromatic heterocycles. The molecule has 0 unspecified atom stereocenters. The van der Waals surface area contributed by atoms with Gasteiger partial charge in [-0.3, -0.25) is 4.79 Å². The highest BCUT2D eigenvalue weighted by atomic mass is 32.1. The average molecular weight is 392 g/mol. The third kappa shape index (κ3) is 3.89. The summed E-state index contributed by atoms with van der Waals surface area (Å²) in [6.45, 7) is 0.552. The highest BCUT2D eigenvalue weighted by Gasteiger charge is 2.18. The third-order valence-corrected chi connectivity index (χ3v) is 5.42. The van der Waals surface area contributed by atoms with Gasteiger partial charge in [-0.25, -0.2) is 9.67 Å². The number of carbonyl (C=O) groups excluding carboxylic acids is 1. The molecule has 6 nitrogen and oxygen atoms in total. The summed E-state index contributed by atoms with van der Waals surface area (Å²) < 4.78 is 8.17. The molecule has 2 heterocycles. The van der Waals surface area contributed by atoms with Crippen molar-refractivity contribution in [2.45, 2.75) is 12.8 Å². The number of ether oxygens (including phenoxy) is 1. The van der Waals surface area contributed by atoms with Crippen LogP contribution in [-0.4, -0.2) is 34.3 Å². The zero-order valence-corrected chi connectivity index (χ0v) is 16.3. The summed E-state index contributed by atoms with van der Waals surface area (Å²) in [7, 11) is 1.54. The Balaban J connectivity index is 1.36. The molecule has 0 fully saturated rings. The van der Waals surface area contributed by atoms with Crippen LogP contribution in [0.4, 0.5) is 0 Å². The van der Waals surface area contributed by atoms with Crippen LogP contribution in [0.15, 0.2) is 60.8 Å². The van der Waals surface area contributed by atoms with Gasteiger partial charge in [-0.1, -0.05) is 30.3 Å². The molecule has 0 aliphatic carbocycles. The van der Waals surface area contributed by atoms with Crippen molar-refractivity contribution in [3.8, 4) is 11.4 Å². The minimum atomic E-state index is -0.240. The Bertz CT molecular complexity index is 1060. The van der Waals surface area contributed by atoms with Crippen LogP contribution in [0.25, 0.3) is 15.9 Å². The van der Waals surface area contributed by atoms with E-state index in [1.807, 2.05) is 48.5 Å². The second-order valence-corrected chi connectivity index (χ2v) is 7.38. The summed E-state index contributed by atoms with van der Waals surface area (Å²) >= 11 is 1.70. The van der Waals surface area contributed by atoms with Gasteiger partial charge in [-0.2, -0.15) is 5.10 Å². The fraction of sp³-hybridized carbons (Fsp3) is 0.190. The summed E-state index contributed by atoms with van der Waals surface area (Å²) in [5.41, 5.74) is 2.18. The summed E-state index contributed by atoms with van der Waals surface area (Å²) in [4.78, 5) is 17.2. The molecule has 0 saturated carbocycles. The number of methoxy groups -OCH3 is 1. The normalized spacial score (nSPS) is 10.9. The molecule has 0 radical (unpaired) electrons. The number of aryl methyl sites for hydroxylation is 1. The largest absolute Gasteiger partial charge is 0.493 e. The van der Waals surface area contributed by atoms with Crippen molar-refractivity contribution in [1.82, 2.24) is 20.1 Å². The lowest BCUT2D eigenvalue weighted by molar-refractivity contribution is 0.0945. The first kappa shape index (κ1) is 18.2. The Hall–Kier alpha value is -3.19. The van der Waals surface area contributed by atoms with E-state index in [4.69, 9.17) is 4.74 Å². The fourth-order valence-electron chi connectivity index (χ4n) is 2.93. The molecule has 2 aromatic carbocycles. The number of nitrogens with one attached hydrogen (secondary N) is 1. The first-order valence-corrected chi connectivity index (χ1v) is 9.88. The number of carbonyl (C=O) groups is 1.